The van der Waals surface area contributed by atoms with Gasteiger partial charge in [0.2, 0.25) is 0 Å². The van der Waals surface area contributed by atoms with Crippen molar-refractivity contribution in [1.29, 1.82) is 0 Å². The number of aldehydes is 1. The summed E-state index contributed by atoms with van der Waals surface area (Å²) < 4.78 is 6.13. The predicted molar refractivity (Wildman–Crippen MR) is 62.2 cm³/mol. The number of furan rings is 1. The lowest BCUT2D eigenvalue weighted by Gasteiger charge is -2.01. The zero-order valence-electron chi connectivity index (χ0n) is 7.54. The van der Waals surface area contributed by atoms with E-state index in [2.05, 4.69) is 15.9 Å². The molecule has 0 amide bonds. The molecule has 0 unspecified atom stereocenters. The predicted octanol–water partition coefficient (Wildman–Crippen LogP) is 4.18. The molecule has 0 aliphatic carbocycles. The molecule has 76 valence electrons. The quantitative estimate of drug-likeness (QED) is 0.775. The third-order valence-electron chi connectivity index (χ3n) is 2.00. The normalized spacial score (nSPS) is 10.3. The first-order valence-electron chi connectivity index (χ1n) is 4.20. The SMILES string of the molecule is O=Cc1cc(-c2occc2Br)ccc1Cl. The topological polar surface area (TPSA) is 30.2 Å². The fourth-order valence-electron chi connectivity index (χ4n) is 1.28. The highest BCUT2D eigenvalue weighted by atomic mass is 79.9. The number of halogens is 2. The van der Waals surface area contributed by atoms with Crippen molar-refractivity contribution in [2.45, 2.75) is 0 Å². The van der Waals surface area contributed by atoms with Crippen molar-refractivity contribution in [3.8, 4) is 11.3 Å². The van der Waals surface area contributed by atoms with E-state index < -0.39 is 0 Å². The van der Waals surface area contributed by atoms with Crippen LogP contribution in [0.25, 0.3) is 11.3 Å². The van der Waals surface area contributed by atoms with E-state index in [-0.39, 0.29) is 0 Å². The van der Waals surface area contributed by atoms with Crippen LogP contribution in [-0.4, -0.2) is 6.29 Å². The first-order chi connectivity index (χ1) is 7.22. The molecule has 2 nitrogen and oxygen atoms in total. The van der Waals surface area contributed by atoms with E-state index >= 15 is 0 Å². The van der Waals surface area contributed by atoms with Gasteiger partial charge in [-0.2, -0.15) is 0 Å². The fraction of sp³-hybridized carbons (Fsp3) is 0. The summed E-state index contributed by atoms with van der Waals surface area (Å²) >= 11 is 9.18. The Labute approximate surface area is 100.0 Å². The van der Waals surface area contributed by atoms with Crippen molar-refractivity contribution in [3.05, 3.63) is 45.6 Å². The van der Waals surface area contributed by atoms with E-state index in [1.54, 1.807) is 30.5 Å². The molecular weight excluding hydrogens is 279 g/mol. The van der Waals surface area contributed by atoms with E-state index in [0.717, 1.165) is 16.3 Å². The first-order valence-corrected chi connectivity index (χ1v) is 5.37. The summed E-state index contributed by atoms with van der Waals surface area (Å²) in [6.07, 6.45) is 2.30. The standard InChI is InChI=1S/C11H6BrClO2/c12-9-3-4-15-11(9)7-1-2-10(13)8(5-7)6-14/h1-6H. The molecule has 0 saturated heterocycles. The van der Waals surface area contributed by atoms with Crippen LogP contribution < -0.4 is 0 Å². The molecule has 2 rings (SSSR count). The van der Waals surface area contributed by atoms with E-state index in [4.69, 9.17) is 16.0 Å². The van der Waals surface area contributed by atoms with Crippen LogP contribution >= 0.6 is 27.5 Å². The van der Waals surface area contributed by atoms with Gasteiger partial charge >= 0.3 is 0 Å². The summed E-state index contributed by atoms with van der Waals surface area (Å²) in [5.41, 5.74) is 1.27. The summed E-state index contributed by atoms with van der Waals surface area (Å²) in [6.45, 7) is 0. The summed E-state index contributed by atoms with van der Waals surface area (Å²) in [5, 5.41) is 0.441. The Hall–Kier alpha value is -1.06. The maximum Gasteiger partial charge on any atom is 0.151 e. The van der Waals surface area contributed by atoms with Crippen molar-refractivity contribution in [1.82, 2.24) is 0 Å². The molecule has 0 fully saturated rings. The number of hydrogen-bond acceptors (Lipinski definition) is 2. The van der Waals surface area contributed by atoms with Crippen molar-refractivity contribution in [2.75, 3.05) is 0 Å². The number of carbonyl (C=O) groups excluding carboxylic acids is 1. The Kier molecular flexibility index (Phi) is 2.93. The van der Waals surface area contributed by atoms with Crippen LogP contribution in [0.2, 0.25) is 5.02 Å². The first kappa shape index (κ1) is 10.5. The lowest BCUT2D eigenvalue weighted by Crippen LogP contribution is -1.83. The maximum absolute atomic E-state index is 10.7. The van der Waals surface area contributed by atoms with E-state index in [0.29, 0.717) is 16.3 Å². The van der Waals surface area contributed by atoms with Gasteiger partial charge in [-0.1, -0.05) is 11.6 Å². The van der Waals surface area contributed by atoms with Gasteiger partial charge in [0, 0.05) is 11.1 Å². The molecule has 1 aromatic heterocycles. The monoisotopic (exact) mass is 284 g/mol. The second-order valence-corrected chi connectivity index (χ2v) is 4.21. The molecule has 0 bridgehead atoms. The van der Waals surface area contributed by atoms with Crippen LogP contribution in [0.3, 0.4) is 0 Å². The van der Waals surface area contributed by atoms with Crippen molar-refractivity contribution >= 4 is 33.8 Å². The van der Waals surface area contributed by atoms with Gasteiger partial charge in [-0.15, -0.1) is 0 Å². The summed E-state index contributed by atoms with van der Waals surface area (Å²) in [7, 11) is 0. The molecule has 1 aromatic carbocycles. The van der Waals surface area contributed by atoms with Gasteiger partial charge in [0.05, 0.1) is 15.8 Å². The second kappa shape index (κ2) is 4.21. The Morgan fingerprint density at radius 3 is 2.73 bits per heavy atom. The molecule has 0 aliphatic heterocycles. The molecule has 0 atom stereocenters. The van der Waals surface area contributed by atoms with Gasteiger partial charge in [0.15, 0.2) is 6.29 Å². The third kappa shape index (κ3) is 1.98. The van der Waals surface area contributed by atoms with Crippen LogP contribution in [0.5, 0.6) is 0 Å². The van der Waals surface area contributed by atoms with Crippen LogP contribution in [0.15, 0.2) is 39.4 Å². The minimum atomic E-state index is 0.441. The highest BCUT2D eigenvalue weighted by Gasteiger charge is 2.08. The minimum absolute atomic E-state index is 0.441. The largest absolute Gasteiger partial charge is 0.463 e. The van der Waals surface area contributed by atoms with Gasteiger partial charge in [0.25, 0.3) is 0 Å². The molecule has 0 radical (unpaired) electrons. The molecule has 0 N–H and O–H groups in total. The van der Waals surface area contributed by atoms with Crippen LogP contribution in [-0.2, 0) is 0 Å². The van der Waals surface area contributed by atoms with Crippen LogP contribution in [0, 0.1) is 0 Å². The van der Waals surface area contributed by atoms with Gasteiger partial charge in [-0.25, -0.2) is 0 Å². The van der Waals surface area contributed by atoms with Crippen LogP contribution in [0.1, 0.15) is 10.4 Å². The second-order valence-electron chi connectivity index (χ2n) is 2.95. The van der Waals surface area contributed by atoms with Gasteiger partial charge in [-0.3, -0.25) is 4.79 Å². The van der Waals surface area contributed by atoms with Gasteiger partial charge in [0.1, 0.15) is 5.76 Å². The van der Waals surface area contributed by atoms with E-state index in [9.17, 15) is 4.79 Å². The van der Waals surface area contributed by atoms with Crippen molar-refractivity contribution in [2.24, 2.45) is 0 Å². The highest BCUT2D eigenvalue weighted by Crippen LogP contribution is 2.31. The van der Waals surface area contributed by atoms with Crippen molar-refractivity contribution < 1.29 is 9.21 Å². The van der Waals surface area contributed by atoms with Gasteiger partial charge < -0.3 is 4.42 Å². The summed E-state index contributed by atoms with van der Waals surface area (Å²) in [4.78, 5) is 10.7. The minimum Gasteiger partial charge on any atom is -0.463 e. The van der Waals surface area contributed by atoms with Gasteiger partial charge in [-0.05, 0) is 40.2 Å². The Bertz CT molecular complexity index is 505. The van der Waals surface area contributed by atoms with Crippen molar-refractivity contribution in [3.63, 3.8) is 0 Å². The summed E-state index contributed by atoms with van der Waals surface area (Å²) in [5.74, 6) is 0.690. The maximum atomic E-state index is 10.7. The molecule has 0 spiro atoms. The smallest absolute Gasteiger partial charge is 0.151 e. The average Bonchev–Trinajstić information content (AvgIpc) is 2.65. The Morgan fingerprint density at radius 1 is 1.33 bits per heavy atom. The number of benzene rings is 1. The number of hydrogen-bond donors (Lipinski definition) is 0. The Morgan fingerprint density at radius 2 is 2.13 bits per heavy atom. The molecule has 15 heavy (non-hydrogen) atoms. The molecule has 1 heterocycles. The Balaban J connectivity index is 2.55. The lowest BCUT2D eigenvalue weighted by atomic mass is 10.1. The fourth-order valence-corrected chi connectivity index (χ4v) is 1.87. The lowest BCUT2D eigenvalue weighted by molar-refractivity contribution is 0.112. The molecule has 4 heteroatoms. The third-order valence-corrected chi connectivity index (χ3v) is 2.97. The number of carbonyl (C=O) groups is 1. The zero-order valence-corrected chi connectivity index (χ0v) is 9.88. The van der Waals surface area contributed by atoms with E-state index in [1.807, 2.05) is 0 Å². The zero-order chi connectivity index (χ0) is 10.8. The molecule has 0 saturated carbocycles. The average molecular weight is 286 g/mol. The van der Waals surface area contributed by atoms with E-state index in [1.165, 1.54) is 0 Å². The molecular formula is C11H6BrClO2. The van der Waals surface area contributed by atoms with Crippen LogP contribution in [0.4, 0.5) is 0 Å². The number of rotatable bonds is 2. The molecule has 0 aliphatic rings. The molecule has 2 aromatic rings. The highest BCUT2D eigenvalue weighted by molar-refractivity contribution is 9.10. The summed E-state index contributed by atoms with van der Waals surface area (Å²) in [6, 6.07) is 6.97.